The molecular weight excluding hydrogens is 147 g/mol. The molecule has 0 aliphatic rings. The summed E-state index contributed by atoms with van der Waals surface area (Å²) in [7, 11) is 0. The molecule has 0 aliphatic heterocycles. The monoisotopic (exact) mass is 158 g/mol. The summed E-state index contributed by atoms with van der Waals surface area (Å²) in [4.78, 5) is 0. The maximum Gasteiger partial charge on any atom is 1.00 e. The predicted molar refractivity (Wildman–Crippen MR) is 33.3 cm³/mol. The van der Waals surface area contributed by atoms with Crippen LogP contribution in [0.2, 0.25) is 0 Å². The van der Waals surface area contributed by atoms with Crippen molar-refractivity contribution in [3.63, 3.8) is 0 Å². The van der Waals surface area contributed by atoms with Gasteiger partial charge in [0, 0.05) is 5.25 Å². The van der Waals surface area contributed by atoms with Crippen molar-refractivity contribution in [2.45, 2.75) is 31.9 Å². The van der Waals surface area contributed by atoms with Crippen LogP contribution >= 0.6 is 0 Å². The van der Waals surface area contributed by atoms with Gasteiger partial charge in [-0.2, -0.15) is 0 Å². The largest absolute Gasteiger partial charge is 1.00 e. The molecule has 0 aliphatic carbocycles. The van der Waals surface area contributed by atoms with E-state index in [2.05, 4.69) is 0 Å². The Bertz CT molecular complexity index is 87.0. The summed E-state index contributed by atoms with van der Waals surface area (Å²) in [5, 5.41) is -0.167. The van der Waals surface area contributed by atoms with E-state index in [4.69, 9.17) is 0 Å². The van der Waals surface area contributed by atoms with Crippen molar-refractivity contribution in [2.24, 2.45) is 0 Å². The van der Waals surface area contributed by atoms with E-state index in [-0.39, 0.29) is 34.8 Å². The van der Waals surface area contributed by atoms with E-state index < -0.39 is 11.1 Å². The van der Waals surface area contributed by atoms with Crippen LogP contribution in [0.3, 0.4) is 0 Å². The van der Waals surface area contributed by atoms with E-state index in [0.29, 0.717) is 0 Å². The van der Waals surface area contributed by atoms with Gasteiger partial charge in [-0.15, -0.1) is 0 Å². The minimum absolute atomic E-state index is 0. The Hall–Kier alpha value is 1.11. The van der Waals surface area contributed by atoms with Crippen molar-refractivity contribution in [3.8, 4) is 0 Å². The fourth-order valence-corrected chi connectivity index (χ4v) is 0.931. The van der Waals surface area contributed by atoms with Crippen molar-refractivity contribution in [2.75, 3.05) is 0 Å². The van der Waals surface area contributed by atoms with Gasteiger partial charge in [-0.05, 0) is 6.42 Å². The molecule has 4 heteroatoms. The van der Waals surface area contributed by atoms with Crippen molar-refractivity contribution < 1.29 is 38.3 Å². The van der Waals surface area contributed by atoms with Gasteiger partial charge in [0.25, 0.3) is 0 Å². The first-order chi connectivity index (χ1) is 3.68. The van der Waals surface area contributed by atoms with E-state index in [1.54, 1.807) is 6.92 Å². The molecule has 0 N–H and O–H groups in total. The topological polar surface area (TPSA) is 40.1 Å². The van der Waals surface area contributed by atoms with Gasteiger partial charge in [-0.3, -0.25) is 4.21 Å². The average Bonchev–Trinajstić information content (AvgIpc) is 1.67. The molecule has 2 unspecified atom stereocenters. The molecule has 2 atom stereocenters. The zero-order valence-electron chi connectivity index (χ0n) is 6.22. The van der Waals surface area contributed by atoms with Gasteiger partial charge in [0.05, 0.1) is 0 Å². The summed E-state index contributed by atoms with van der Waals surface area (Å²) >= 11 is -1.86. The molecule has 0 radical (unpaired) electrons. The van der Waals surface area contributed by atoms with Crippen molar-refractivity contribution in [1.82, 2.24) is 0 Å². The van der Waals surface area contributed by atoms with Crippen molar-refractivity contribution >= 4 is 11.1 Å². The summed E-state index contributed by atoms with van der Waals surface area (Å²) in [5.74, 6) is 0. The van der Waals surface area contributed by atoms with Crippen LogP contribution in [-0.2, 0) is 11.1 Å². The van der Waals surface area contributed by atoms with Crippen LogP contribution in [0.5, 0.6) is 0 Å². The Morgan fingerprint density at radius 3 is 2.22 bits per heavy atom. The van der Waals surface area contributed by atoms with Crippen LogP contribution < -0.4 is 29.6 Å². The molecule has 2 nitrogen and oxygen atoms in total. The summed E-state index contributed by atoms with van der Waals surface area (Å²) in [6.07, 6.45) is 1.71. The van der Waals surface area contributed by atoms with Gasteiger partial charge in [-0.1, -0.05) is 31.3 Å². The number of hydrogen-bond acceptors (Lipinski definition) is 2. The molecule has 0 saturated carbocycles. The molecule has 0 aromatic rings. The Morgan fingerprint density at radius 2 is 2.11 bits per heavy atom. The molecular formula is C5H11NaO2S. The van der Waals surface area contributed by atoms with Crippen LogP contribution in [0, 0.1) is 0 Å². The van der Waals surface area contributed by atoms with Crippen molar-refractivity contribution in [3.05, 3.63) is 0 Å². The molecule has 0 rings (SSSR count). The molecule has 0 bridgehead atoms. The third-order valence-electron chi connectivity index (χ3n) is 1.02. The molecule has 0 spiro atoms. The fourth-order valence-electron chi connectivity index (χ4n) is 0.503. The predicted octanol–water partition coefficient (Wildman–Crippen LogP) is -1.94. The van der Waals surface area contributed by atoms with Gasteiger partial charge in [0.15, 0.2) is 0 Å². The summed E-state index contributed by atoms with van der Waals surface area (Å²) in [6.45, 7) is 3.69. The van der Waals surface area contributed by atoms with Gasteiger partial charge in [-0.25, -0.2) is 0 Å². The summed E-state index contributed by atoms with van der Waals surface area (Å²) in [6, 6.07) is 0. The maximum absolute atomic E-state index is 10.1. The van der Waals surface area contributed by atoms with E-state index in [1.807, 2.05) is 6.92 Å². The third-order valence-corrected chi connectivity index (χ3v) is 1.92. The third kappa shape index (κ3) is 7.00. The zero-order chi connectivity index (χ0) is 6.57. The molecule has 9 heavy (non-hydrogen) atoms. The molecule has 0 saturated heterocycles. The van der Waals surface area contributed by atoms with E-state index in [9.17, 15) is 8.76 Å². The van der Waals surface area contributed by atoms with Crippen molar-refractivity contribution in [1.29, 1.82) is 0 Å². The second-order valence-electron chi connectivity index (χ2n) is 1.86. The normalized spacial score (nSPS) is 15.9. The first-order valence-corrected chi connectivity index (χ1v) is 3.90. The minimum Gasteiger partial charge on any atom is -0.772 e. The van der Waals surface area contributed by atoms with Crippen LogP contribution in [0.25, 0.3) is 0 Å². The standard InChI is InChI=1S/C5H12O2S.Na/c1-3-4-5(2)8(6)7;/h5H,3-4H2,1-2H3,(H,6,7);/q;+1/p-1. The first kappa shape index (κ1) is 12.8. The van der Waals surface area contributed by atoms with Crippen LogP contribution in [0.4, 0.5) is 0 Å². The minimum atomic E-state index is -1.86. The second-order valence-corrected chi connectivity index (χ2v) is 3.19. The zero-order valence-corrected chi connectivity index (χ0v) is 9.03. The van der Waals surface area contributed by atoms with E-state index in [0.717, 1.165) is 12.8 Å². The Balaban J connectivity index is 0. The first-order valence-electron chi connectivity index (χ1n) is 2.76. The Labute approximate surface area is 81.0 Å². The molecule has 0 aromatic heterocycles. The molecule has 0 aromatic carbocycles. The number of rotatable bonds is 3. The molecule has 0 heterocycles. The molecule has 50 valence electrons. The van der Waals surface area contributed by atoms with Crippen LogP contribution in [0.1, 0.15) is 26.7 Å². The molecule has 0 fully saturated rings. The molecule has 0 amide bonds. The van der Waals surface area contributed by atoms with Gasteiger partial charge >= 0.3 is 29.6 Å². The summed E-state index contributed by atoms with van der Waals surface area (Å²) in [5.41, 5.74) is 0. The number of hydrogen-bond donors (Lipinski definition) is 0. The maximum atomic E-state index is 10.1. The SMILES string of the molecule is CCCC(C)S(=O)[O-].[Na+]. The Morgan fingerprint density at radius 1 is 1.67 bits per heavy atom. The van der Waals surface area contributed by atoms with Crippen LogP contribution in [-0.4, -0.2) is 14.0 Å². The quantitative estimate of drug-likeness (QED) is 0.354. The van der Waals surface area contributed by atoms with E-state index >= 15 is 0 Å². The smallest absolute Gasteiger partial charge is 0.772 e. The van der Waals surface area contributed by atoms with Gasteiger partial charge in [0.1, 0.15) is 0 Å². The second kappa shape index (κ2) is 7.22. The Kier molecular flexibility index (Phi) is 10.2. The summed E-state index contributed by atoms with van der Waals surface area (Å²) < 4.78 is 20.2. The average molecular weight is 158 g/mol. The fraction of sp³-hybridized carbons (Fsp3) is 1.00. The van der Waals surface area contributed by atoms with Gasteiger partial charge < -0.3 is 4.55 Å². The van der Waals surface area contributed by atoms with Gasteiger partial charge in [0.2, 0.25) is 0 Å². The van der Waals surface area contributed by atoms with E-state index in [1.165, 1.54) is 0 Å². The van der Waals surface area contributed by atoms with Crippen LogP contribution in [0.15, 0.2) is 0 Å².